The molecule has 46 valence electrons. The van der Waals surface area contributed by atoms with Gasteiger partial charge in [0.25, 0.3) is 0 Å². The smallest absolute Gasteiger partial charge is 0.149 e. The van der Waals surface area contributed by atoms with Crippen LogP contribution in [-0.2, 0) is 14.1 Å². The Morgan fingerprint density at radius 2 is 2.44 bits per heavy atom. The van der Waals surface area contributed by atoms with Crippen LogP contribution in [0.1, 0.15) is 5.69 Å². The van der Waals surface area contributed by atoms with Crippen molar-refractivity contribution in [3.8, 4) is 12.3 Å². The summed E-state index contributed by atoms with van der Waals surface area (Å²) in [4.78, 5) is 0. The van der Waals surface area contributed by atoms with Gasteiger partial charge in [0.15, 0.2) is 18.9 Å². The van der Waals surface area contributed by atoms with E-state index in [1.165, 1.54) is 0 Å². The zero-order chi connectivity index (χ0) is 6.85. The van der Waals surface area contributed by atoms with E-state index in [-0.39, 0.29) is 0 Å². The molecule has 0 N–H and O–H groups in total. The molecule has 0 radical (unpaired) electrons. The fourth-order valence-electron chi connectivity index (χ4n) is 0.698. The fourth-order valence-corrected chi connectivity index (χ4v) is 0.698. The van der Waals surface area contributed by atoms with E-state index in [0.717, 1.165) is 5.69 Å². The summed E-state index contributed by atoms with van der Waals surface area (Å²) in [7, 11) is 3.87. The summed E-state index contributed by atoms with van der Waals surface area (Å²) in [6.07, 6.45) is 7.11. The van der Waals surface area contributed by atoms with Crippen LogP contribution in [0.25, 0.3) is 0 Å². The first-order valence-electron chi connectivity index (χ1n) is 2.74. The molecule has 0 amide bonds. The lowest BCUT2D eigenvalue weighted by molar-refractivity contribution is -0.751. The minimum Gasteiger partial charge on any atom is -0.149 e. The molecule has 0 atom stereocenters. The van der Waals surface area contributed by atoms with Gasteiger partial charge in [-0.3, -0.25) is 0 Å². The van der Waals surface area contributed by atoms with E-state index >= 15 is 0 Å². The highest BCUT2D eigenvalue weighted by Gasteiger charge is 2.01. The second kappa shape index (κ2) is 1.94. The van der Waals surface area contributed by atoms with Gasteiger partial charge in [0.2, 0.25) is 0 Å². The zero-order valence-electron chi connectivity index (χ0n) is 5.63. The number of hydrogen-bond donors (Lipinski definition) is 0. The van der Waals surface area contributed by atoms with Crippen molar-refractivity contribution in [3.05, 3.63) is 18.0 Å². The molecule has 9 heavy (non-hydrogen) atoms. The summed E-state index contributed by atoms with van der Waals surface area (Å²) in [6.45, 7) is 0. The maximum Gasteiger partial charge on any atom is 0.196 e. The average Bonchev–Trinajstić information content (AvgIpc) is 2.15. The molecular formula is C7H9N2+. The summed E-state index contributed by atoms with van der Waals surface area (Å²) < 4.78 is 3.83. The molecular weight excluding hydrogens is 112 g/mol. The van der Waals surface area contributed by atoms with Crippen LogP contribution in [0.4, 0.5) is 0 Å². The first-order chi connectivity index (χ1) is 4.25. The van der Waals surface area contributed by atoms with Gasteiger partial charge in [0.1, 0.15) is 0 Å². The fraction of sp³-hybridized carbons (Fsp3) is 0.286. The van der Waals surface area contributed by atoms with Crippen molar-refractivity contribution in [2.75, 3.05) is 0 Å². The molecule has 0 saturated carbocycles. The minimum absolute atomic E-state index is 0.900. The normalized spacial score (nSPS) is 9.00. The van der Waals surface area contributed by atoms with Crippen molar-refractivity contribution in [2.45, 2.75) is 0 Å². The molecule has 1 rings (SSSR count). The molecule has 1 aromatic heterocycles. The molecule has 2 nitrogen and oxygen atoms in total. The second-order valence-electron chi connectivity index (χ2n) is 1.94. The van der Waals surface area contributed by atoms with Gasteiger partial charge in [-0.15, -0.1) is 15.8 Å². The SMILES string of the molecule is C#Cc1cc[n+](C)n1C. The molecule has 0 aliphatic rings. The van der Waals surface area contributed by atoms with Gasteiger partial charge >= 0.3 is 0 Å². The first-order valence-corrected chi connectivity index (χ1v) is 2.74. The Morgan fingerprint density at radius 1 is 1.78 bits per heavy atom. The van der Waals surface area contributed by atoms with Crippen LogP contribution < -0.4 is 4.68 Å². The van der Waals surface area contributed by atoms with E-state index in [2.05, 4.69) is 5.92 Å². The van der Waals surface area contributed by atoms with Gasteiger partial charge in [-0.2, -0.15) is 0 Å². The highest BCUT2D eigenvalue weighted by molar-refractivity contribution is 5.20. The van der Waals surface area contributed by atoms with E-state index in [0.29, 0.717) is 0 Å². The molecule has 2 heteroatoms. The van der Waals surface area contributed by atoms with E-state index in [4.69, 9.17) is 6.42 Å². The molecule has 0 saturated heterocycles. The third-order valence-electron chi connectivity index (χ3n) is 1.42. The number of rotatable bonds is 0. The standard InChI is InChI=1S/C7H9N2/c1-4-7-5-6-8(2)9(7)3/h1,5-6H,2-3H3/q+1. The highest BCUT2D eigenvalue weighted by atomic mass is 15.4. The van der Waals surface area contributed by atoms with Crippen LogP contribution in [0.3, 0.4) is 0 Å². The van der Waals surface area contributed by atoms with Crippen molar-refractivity contribution in [3.63, 3.8) is 0 Å². The van der Waals surface area contributed by atoms with Crippen LogP contribution in [0, 0.1) is 12.3 Å². The van der Waals surface area contributed by atoms with Gasteiger partial charge in [0, 0.05) is 6.07 Å². The number of hydrogen-bond acceptors (Lipinski definition) is 0. The predicted octanol–water partition coefficient (Wildman–Crippen LogP) is -0.169. The lowest BCUT2D eigenvalue weighted by atomic mass is 10.5. The minimum atomic E-state index is 0.900. The van der Waals surface area contributed by atoms with Crippen LogP contribution in [0.15, 0.2) is 12.3 Å². The van der Waals surface area contributed by atoms with Gasteiger partial charge in [-0.1, -0.05) is 0 Å². The van der Waals surface area contributed by atoms with Gasteiger partial charge in [0.05, 0.1) is 7.05 Å². The second-order valence-corrected chi connectivity index (χ2v) is 1.94. The molecule has 1 aromatic rings. The van der Waals surface area contributed by atoms with Crippen LogP contribution >= 0.6 is 0 Å². The number of terminal acetylenes is 1. The average molecular weight is 121 g/mol. The van der Waals surface area contributed by atoms with Gasteiger partial charge in [-0.25, -0.2) is 0 Å². The highest BCUT2D eigenvalue weighted by Crippen LogP contribution is 1.88. The molecule has 0 aromatic carbocycles. The third kappa shape index (κ3) is 0.812. The van der Waals surface area contributed by atoms with Gasteiger partial charge in [-0.05, 0) is 5.92 Å². The summed E-state index contributed by atoms with van der Waals surface area (Å²) in [5.74, 6) is 2.56. The Kier molecular flexibility index (Phi) is 1.27. The largest absolute Gasteiger partial charge is 0.196 e. The first kappa shape index (κ1) is 5.90. The van der Waals surface area contributed by atoms with Crippen molar-refractivity contribution in [2.24, 2.45) is 14.1 Å². The molecule has 0 aliphatic carbocycles. The van der Waals surface area contributed by atoms with Gasteiger partial charge < -0.3 is 0 Å². The Hall–Kier alpha value is -1.23. The van der Waals surface area contributed by atoms with Crippen LogP contribution in [0.5, 0.6) is 0 Å². The lowest BCUT2D eigenvalue weighted by Crippen LogP contribution is -2.36. The van der Waals surface area contributed by atoms with Crippen LogP contribution in [-0.4, -0.2) is 4.68 Å². The maximum absolute atomic E-state index is 5.18. The summed E-state index contributed by atoms with van der Waals surface area (Å²) >= 11 is 0. The Labute approximate surface area is 54.7 Å². The third-order valence-corrected chi connectivity index (χ3v) is 1.42. The Bertz CT molecular complexity index is 252. The quantitative estimate of drug-likeness (QED) is 0.333. The monoisotopic (exact) mass is 121 g/mol. The van der Waals surface area contributed by atoms with Crippen molar-refractivity contribution < 1.29 is 4.68 Å². The zero-order valence-corrected chi connectivity index (χ0v) is 5.63. The van der Waals surface area contributed by atoms with Crippen molar-refractivity contribution in [1.82, 2.24) is 4.68 Å². The summed E-state index contributed by atoms with van der Waals surface area (Å²) in [6, 6.07) is 1.90. The molecule has 0 aliphatic heterocycles. The molecule has 0 fully saturated rings. The topological polar surface area (TPSA) is 8.81 Å². The number of nitrogens with zero attached hydrogens (tertiary/aromatic N) is 2. The molecule has 1 heterocycles. The maximum atomic E-state index is 5.18. The van der Waals surface area contributed by atoms with E-state index in [1.807, 2.05) is 35.7 Å². The summed E-state index contributed by atoms with van der Waals surface area (Å²) in [5.41, 5.74) is 0.900. The van der Waals surface area contributed by atoms with E-state index < -0.39 is 0 Å². The Balaban J connectivity index is 3.24. The predicted molar refractivity (Wildman–Crippen MR) is 34.5 cm³/mol. The number of aromatic nitrogens is 2. The Morgan fingerprint density at radius 3 is 2.67 bits per heavy atom. The molecule has 0 spiro atoms. The van der Waals surface area contributed by atoms with E-state index in [9.17, 15) is 0 Å². The molecule has 0 bridgehead atoms. The van der Waals surface area contributed by atoms with Crippen LogP contribution in [0.2, 0.25) is 0 Å². The van der Waals surface area contributed by atoms with Crippen molar-refractivity contribution >= 4 is 0 Å². The molecule has 0 unspecified atom stereocenters. The lowest BCUT2D eigenvalue weighted by Gasteiger charge is -1.87. The van der Waals surface area contributed by atoms with Crippen molar-refractivity contribution in [1.29, 1.82) is 0 Å². The van der Waals surface area contributed by atoms with E-state index in [1.54, 1.807) is 0 Å². The number of aryl methyl sites for hydroxylation is 1. The summed E-state index contributed by atoms with van der Waals surface area (Å²) in [5, 5.41) is 0.